The van der Waals surface area contributed by atoms with Crippen molar-refractivity contribution in [1.29, 1.82) is 0 Å². The molecular weight excluding hydrogens is 300 g/mol. The third-order valence-corrected chi connectivity index (χ3v) is 3.71. The number of rotatable bonds is 1. The van der Waals surface area contributed by atoms with Crippen molar-refractivity contribution in [3.63, 3.8) is 0 Å². The van der Waals surface area contributed by atoms with Gasteiger partial charge in [-0.25, -0.2) is 14.8 Å². The van der Waals surface area contributed by atoms with Gasteiger partial charge in [0.2, 0.25) is 0 Å². The number of nitrogens with zero attached hydrogens (tertiary/aromatic N) is 2. The Bertz CT molecular complexity index is 1060. The second kappa shape index (κ2) is 4.93. The molecule has 0 N–H and O–H groups in total. The summed E-state index contributed by atoms with van der Waals surface area (Å²) < 4.78 is 5.28. The molecule has 0 bridgehead atoms. The molecule has 0 aliphatic heterocycles. The predicted molar refractivity (Wildman–Crippen MR) is 86.0 cm³/mol. The van der Waals surface area contributed by atoms with Crippen LogP contribution in [0.25, 0.3) is 33.3 Å². The minimum atomic E-state index is -0.434. The maximum Gasteiger partial charge on any atom is 0.347 e. The summed E-state index contributed by atoms with van der Waals surface area (Å²) in [5, 5.41) is 1.81. The van der Waals surface area contributed by atoms with E-state index >= 15 is 0 Å². The zero-order valence-corrected chi connectivity index (χ0v) is 12.0. The van der Waals surface area contributed by atoms with Crippen LogP contribution < -0.4 is 5.63 Å². The van der Waals surface area contributed by atoms with Crippen molar-refractivity contribution < 1.29 is 4.42 Å². The minimum absolute atomic E-state index is 0.372. The molecule has 0 amide bonds. The zero-order valence-electron chi connectivity index (χ0n) is 11.3. The molecule has 0 radical (unpaired) electrons. The molecule has 106 valence electrons. The molecule has 22 heavy (non-hydrogen) atoms. The fourth-order valence-corrected chi connectivity index (χ4v) is 2.51. The average molecular weight is 309 g/mol. The van der Waals surface area contributed by atoms with E-state index in [2.05, 4.69) is 9.97 Å². The second-order valence-electron chi connectivity index (χ2n) is 4.85. The monoisotopic (exact) mass is 308 g/mol. The molecule has 0 aliphatic carbocycles. The lowest BCUT2D eigenvalue weighted by molar-refractivity contribution is 0.569. The van der Waals surface area contributed by atoms with Crippen molar-refractivity contribution in [3.8, 4) is 11.4 Å². The van der Waals surface area contributed by atoms with Gasteiger partial charge >= 0.3 is 5.63 Å². The van der Waals surface area contributed by atoms with E-state index in [-0.39, 0.29) is 0 Å². The summed E-state index contributed by atoms with van der Waals surface area (Å²) >= 11 is 5.90. The van der Waals surface area contributed by atoms with Crippen LogP contribution in [-0.4, -0.2) is 9.97 Å². The van der Waals surface area contributed by atoms with Gasteiger partial charge in [0.05, 0.1) is 5.52 Å². The van der Waals surface area contributed by atoms with Crippen molar-refractivity contribution in [3.05, 3.63) is 70.2 Å². The summed E-state index contributed by atoms with van der Waals surface area (Å²) in [5.41, 5.74) is 1.51. The summed E-state index contributed by atoms with van der Waals surface area (Å²) in [7, 11) is 0. The number of hydrogen-bond donors (Lipinski definition) is 0. The normalized spacial score (nSPS) is 11.1. The molecule has 0 fully saturated rings. The third kappa shape index (κ3) is 2.05. The average Bonchev–Trinajstić information content (AvgIpc) is 2.55. The molecular formula is C17H9ClN2O2. The molecule has 0 saturated heterocycles. The van der Waals surface area contributed by atoms with Gasteiger partial charge < -0.3 is 4.42 Å². The van der Waals surface area contributed by atoms with E-state index in [4.69, 9.17) is 16.0 Å². The molecule has 0 saturated carbocycles. The molecule has 4 aromatic rings. The SMILES string of the molecule is O=c1oc2ccccc2c2nc(-c3ccc(Cl)cc3)ncc12. The molecule has 0 aliphatic rings. The highest BCUT2D eigenvalue weighted by molar-refractivity contribution is 6.30. The lowest BCUT2D eigenvalue weighted by Crippen LogP contribution is -2.03. The highest BCUT2D eigenvalue weighted by atomic mass is 35.5. The highest BCUT2D eigenvalue weighted by Crippen LogP contribution is 2.24. The van der Waals surface area contributed by atoms with Gasteiger partial charge in [0, 0.05) is 22.2 Å². The van der Waals surface area contributed by atoms with Crippen LogP contribution in [-0.2, 0) is 0 Å². The van der Waals surface area contributed by atoms with E-state index in [1.807, 2.05) is 30.3 Å². The fourth-order valence-electron chi connectivity index (χ4n) is 2.38. The van der Waals surface area contributed by atoms with Crippen molar-refractivity contribution in [2.45, 2.75) is 0 Å². The summed E-state index contributed by atoms with van der Waals surface area (Å²) in [4.78, 5) is 20.8. The summed E-state index contributed by atoms with van der Waals surface area (Å²) in [6, 6.07) is 14.6. The van der Waals surface area contributed by atoms with E-state index in [1.165, 1.54) is 6.20 Å². The van der Waals surface area contributed by atoms with Crippen molar-refractivity contribution in [2.24, 2.45) is 0 Å². The van der Waals surface area contributed by atoms with Gasteiger partial charge in [-0.3, -0.25) is 0 Å². The van der Waals surface area contributed by atoms with Gasteiger partial charge in [0.25, 0.3) is 0 Å². The van der Waals surface area contributed by atoms with Crippen molar-refractivity contribution >= 4 is 33.5 Å². The Morgan fingerprint density at radius 1 is 0.955 bits per heavy atom. The van der Waals surface area contributed by atoms with E-state index in [0.717, 1.165) is 10.9 Å². The Labute approximate surface area is 130 Å². The molecule has 4 rings (SSSR count). The lowest BCUT2D eigenvalue weighted by atomic mass is 10.1. The van der Waals surface area contributed by atoms with Gasteiger partial charge in [0.1, 0.15) is 11.0 Å². The predicted octanol–water partition coefficient (Wildman–Crippen LogP) is 4.06. The summed E-state index contributed by atoms with van der Waals surface area (Å²) in [6.45, 7) is 0. The number of hydrogen-bond acceptors (Lipinski definition) is 4. The molecule has 4 nitrogen and oxygen atoms in total. The number of aromatic nitrogens is 2. The third-order valence-electron chi connectivity index (χ3n) is 3.46. The van der Waals surface area contributed by atoms with E-state index in [0.29, 0.717) is 27.3 Å². The van der Waals surface area contributed by atoms with Crippen LogP contribution in [0.4, 0.5) is 0 Å². The van der Waals surface area contributed by atoms with Gasteiger partial charge in [-0.05, 0) is 36.4 Å². The van der Waals surface area contributed by atoms with Crippen LogP contribution >= 0.6 is 11.6 Å². The Morgan fingerprint density at radius 2 is 1.73 bits per heavy atom. The topological polar surface area (TPSA) is 56.0 Å². The van der Waals surface area contributed by atoms with Crippen LogP contribution in [0.15, 0.2) is 63.9 Å². The molecule has 2 aromatic carbocycles. The van der Waals surface area contributed by atoms with Gasteiger partial charge in [-0.2, -0.15) is 0 Å². The Balaban J connectivity index is 2.06. The number of benzene rings is 2. The molecule has 2 heterocycles. The number of fused-ring (bicyclic) bond motifs is 3. The van der Waals surface area contributed by atoms with Crippen LogP contribution in [0, 0.1) is 0 Å². The molecule has 0 atom stereocenters. The zero-order chi connectivity index (χ0) is 15.1. The van der Waals surface area contributed by atoms with Gasteiger partial charge in [-0.15, -0.1) is 0 Å². The molecule has 2 aromatic heterocycles. The first-order valence-corrected chi connectivity index (χ1v) is 7.05. The maximum atomic E-state index is 12.0. The largest absolute Gasteiger partial charge is 0.422 e. The molecule has 0 unspecified atom stereocenters. The molecule has 0 spiro atoms. The smallest absolute Gasteiger partial charge is 0.347 e. The first-order chi connectivity index (χ1) is 10.7. The second-order valence-corrected chi connectivity index (χ2v) is 5.28. The Kier molecular flexibility index (Phi) is 2.91. The van der Waals surface area contributed by atoms with Crippen LogP contribution in [0.5, 0.6) is 0 Å². The van der Waals surface area contributed by atoms with Gasteiger partial charge in [-0.1, -0.05) is 23.7 Å². The summed E-state index contributed by atoms with van der Waals surface area (Å²) in [6.07, 6.45) is 1.50. The maximum absolute atomic E-state index is 12.0. The standard InChI is InChI=1S/C17H9ClN2O2/c18-11-7-5-10(6-8-11)16-19-9-13-15(20-16)12-3-1-2-4-14(12)22-17(13)21/h1-9H. The van der Waals surface area contributed by atoms with Crippen LogP contribution in [0.2, 0.25) is 5.02 Å². The first-order valence-electron chi connectivity index (χ1n) is 6.67. The first kappa shape index (κ1) is 13.0. The highest BCUT2D eigenvalue weighted by Gasteiger charge is 2.11. The molecule has 5 heteroatoms. The number of halogens is 1. The van der Waals surface area contributed by atoms with E-state index in [1.54, 1.807) is 18.2 Å². The van der Waals surface area contributed by atoms with Crippen LogP contribution in [0.3, 0.4) is 0 Å². The van der Waals surface area contributed by atoms with E-state index in [9.17, 15) is 4.79 Å². The van der Waals surface area contributed by atoms with Crippen molar-refractivity contribution in [1.82, 2.24) is 9.97 Å². The summed E-state index contributed by atoms with van der Waals surface area (Å²) in [5.74, 6) is 0.542. The number of para-hydroxylation sites is 1. The fraction of sp³-hybridized carbons (Fsp3) is 0. The lowest BCUT2D eigenvalue weighted by Gasteiger charge is -2.04. The van der Waals surface area contributed by atoms with Crippen molar-refractivity contribution in [2.75, 3.05) is 0 Å². The quantitative estimate of drug-likeness (QED) is 0.393. The van der Waals surface area contributed by atoms with Crippen LogP contribution in [0.1, 0.15) is 0 Å². The van der Waals surface area contributed by atoms with Gasteiger partial charge in [0.15, 0.2) is 5.82 Å². The Hall–Kier alpha value is -2.72. The minimum Gasteiger partial charge on any atom is -0.422 e. The van der Waals surface area contributed by atoms with E-state index < -0.39 is 5.63 Å². The Morgan fingerprint density at radius 3 is 2.55 bits per heavy atom.